The third-order valence-corrected chi connectivity index (χ3v) is 5.54. The lowest BCUT2D eigenvalue weighted by atomic mass is 9.50. The third-order valence-electron chi connectivity index (χ3n) is 5.54. The van der Waals surface area contributed by atoms with Crippen LogP contribution in [0.4, 0.5) is 0 Å². The second-order valence-corrected chi connectivity index (χ2v) is 8.22. The number of carboxylic acids is 1. The summed E-state index contributed by atoms with van der Waals surface area (Å²) >= 11 is 0. The first-order valence-corrected chi connectivity index (χ1v) is 7.84. The molecule has 0 radical (unpaired) electrons. The van der Waals surface area contributed by atoms with Crippen molar-refractivity contribution in [2.24, 2.45) is 29.6 Å². The minimum Gasteiger partial charge on any atom is -0.480 e. The normalized spacial score (nSPS) is 42.4. The molecule has 2 N–H and O–H groups in total. The molecular formula is C16H27NO2. The van der Waals surface area contributed by atoms with Gasteiger partial charge in [0.2, 0.25) is 0 Å². The minimum absolute atomic E-state index is 0.127. The molecule has 4 aliphatic carbocycles. The SMILES string of the molecule is CC(C)(C)NC(C(=O)O)C1C2CC3CC(C2)CC1C3. The van der Waals surface area contributed by atoms with Gasteiger partial charge in [0.05, 0.1) is 0 Å². The summed E-state index contributed by atoms with van der Waals surface area (Å²) < 4.78 is 0. The van der Waals surface area contributed by atoms with Crippen LogP contribution in [0.25, 0.3) is 0 Å². The monoisotopic (exact) mass is 265 g/mol. The number of carbonyl (C=O) groups is 1. The first-order valence-electron chi connectivity index (χ1n) is 7.84. The Morgan fingerprint density at radius 3 is 1.89 bits per heavy atom. The molecule has 0 aliphatic heterocycles. The maximum Gasteiger partial charge on any atom is 0.321 e. The Labute approximate surface area is 116 Å². The fourth-order valence-electron chi connectivity index (χ4n) is 5.30. The van der Waals surface area contributed by atoms with Gasteiger partial charge in [0, 0.05) is 5.54 Å². The van der Waals surface area contributed by atoms with Crippen LogP contribution in [0.3, 0.4) is 0 Å². The van der Waals surface area contributed by atoms with E-state index < -0.39 is 5.97 Å². The molecule has 3 nitrogen and oxygen atoms in total. The Hall–Kier alpha value is -0.570. The van der Waals surface area contributed by atoms with Crippen molar-refractivity contribution >= 4 is 5.97 Å². The zero-order valence-electron chi connectivity index (χ0n) is 12.4. The molecule has 0 heterocycles. The zero-order chi connectivity index (χ0) is 13.8. The number of nitrogens with one attached hydrogen (secondary N) is 1. The van der Waals surface area contributed by atoms with Crippen LogP contribution in [0.1, 0.15) is 52.9 Å². The van der Waals surface area contributed by atoms with Gasteiger partial charge in [-0.15, -0.1) is 0 Å². The van der Waals surface area contributed by atoms with Crippen molar-refractivity contribution in [1.82, 2.24) is 5.32 Å². The maximum atomic E-state index is 11.7. The Morgan fingerprint density at radius 2 is 1.53 bits per heavy atom. The van der Waals surface area contributed by atoms with Crippen molar-refractivity contribution in [2.75, 3.05) is 0 Å². The highest BCUT2D eigenvalue weighted by Crippen LogP contribution is 2.57. The van der Waals surface area contributed by atoms with Crippen LogP contribution >= 0.6 is 0 Å². The van der Waals surface area contributed by atoms with Gasteiger partial charge in [-0.1, -0.05) is 0 Å². The molecule has 0 aromatic rings. The van der Waals surface area contributed by atoms with Crippen LogP contribution < -0.4 is 5.32 Å². The number of rotatable bonds is 3. The summed E-state index contributed by atoms with van der Waals surface area (Å²) in [5, 5.41) is 13.0. The predicted molar refractivity (Wildman–Crippen MR) is 74.8 cm³/mol. The van der Waals surface area contributed by atoms with Gasteiger partial charge >= 0.3 is 5.97 Å². The molecule has 19 heavy (non-hydrogen) atoms. The van der Waals surface area contributed by atoms with Gasteiger partial charge in [0.25, 0.3) is 0 Å². The van der Waals surface area contributed by atoms with E-state index in [4.69, 9.17) is 0 Å². The highest BCUT2D eigenvalue weighted by Gasteiger charge is 2.52. The van der Waals surface area contributed by atoms with E-state index in [0.717, 1.165) is 11.8 Å². The molecule has 4 rings (SSSR count). The molecule has 4 saturated carbocycles. The van der Waals surface area contributed by atoms with Crippen molar-refractivity contribution in [2.45, 2.75) is 64.5 Å². The summed E-state index contributed by atoms with van der Waals surface area (Å²) in [4.78, 5) is 11.7. The van der Waals surface area contributed by atoms with E-state index in [-0.39, 0.29) is 11.6 Å². The topological polar surface area (TPSA) is 49.3 Å². The Kier molecular flexibility index (Phi) is 3.16. The van der Waals surface area contributed by atoms with Gasteiger partial charge < -0.3 is 5.11 Å². The predicted octanol–water partition coefficient (Wildman–Crippen LogP) is 2.90. The van der Waals surface area contributed by atoms with Gasteiger partial charge in [-0.25, -0.2) is 0 Å². The maximum absolute atomic E-state index is 11.7. The number of hydrogen-bond acceptors (Lipinski definition) is 2. The summed E-state index contributed by atoms with van der Waals surface area (Å²) in [7, 11) is 0. The summed E-state index contributed by atoms with van der Waals surface area (Å²) in [5.41, 5.74) is -0.127. The van der Waals surface area contributed by atoms with Crippen LogP contribution in [-0.4, -0.2) is 22.7 Å². The summed E-state index contributed by atoms with van der Waals surface area (Å²) in [6, 6.07) is -0.352. The van der Waals surface area contributed by atoms with Gasteiger partial charge in [0.15, 0.2) is 0 Å². The Bertz CT molecular complexity index is 343. The molecule has 0 spiro atoms. The van der Waals surface area contributed by atoms with Crippen molar-refractivity contribution in [3.05, 3.63) is 0 Å². The molecule has 0 amide bonds. The number of carboxylic acid groups (broad SMARTS) is 1. The van der Waals surface area contributed by atoms with Crippen molar-refractivity contribution in [3.8, 4) is 0 Å². The molecule has 3 heteroatoms. The van der Waals surface area contributed by atoms with Crippen LogP contribution in [-0.2, 0) is 4.79 Å². The van der Waals surface area contributed by atoms with E-state index in [1.807, 2.05) is 0 Å². The molecule has 0 aromatic heterocycles. The molecule has 0 saturated heterocycles. The van der Waals surface area contributed by atoms with E-state index in [1.54, 1.807) is 0 Å². The average Bonchev–Trinajstić information content (AvgIpc) is 2.24. The summed E-state index contributed by atoms with van der Waals surface area (Å²) in [6.07, 6.45) is 6.56. The number of aliphatic carboxylic acids is 1. The van der Waals surface area contributed by atoms with Gasteiger partial charge in [0.1, 0.15) is 6.04 Å². The van der Waals surface area contributed by atoms with Crippen LogP contribution in [0, 0.1) is 29.6 Å². The van der Waals surface area contributed by atoms with Crippen LogP contribution in [0.15, 0.2) is 0 Å². The van der Waals surface area contributed by atoms with E-state index in [1.165, 1.54) is 32.1 Å². The van der Waals surface area contributed by atoms with Gasteiger partial charge in [-0.05, 0) is 82.5 Å². The molecule has 4 fully saturated rings. The summed E-state index contributed by atoms with van der Waals surface area (Å²) in [5.74, 6) is 2.85. The van der Waals surface area contributed by atoms with E-state index in [9.17, 15) is 9.90 Å². The second-order valence-electron chi connectivity index (χ2n) is 8.22. The second kappa shape index (κ2) is 4.47. The largest absolute Gasteiger partial charge is 0.480 e. The lowest BCUT2D eigenvalue weighted by Crippen LogP contribution is -2.59. The number of hydrogen-bond donors (Lipinski definition) is 2. The van der Waals surface area contributed by atoms with Crippen molar-refractivity contribution in [3.63, 3.8) is 0 Å². The highest BCUT2D eigenvalue weighted by atomic mass is 16.4. The molecule has 0 aromatic carbocycles. The quantitative estimate of drug-likeness (QED) is 0.825. The van der Waals surface area contributed by atoms with Crippen LogP contribution in [0.5, 0.6) is 0 Å². The van der Waals surface area contributed by atoms with Gasteiger partial charge in [-0.3, -0.25) is 10.1 Å². The van der Waals surface area contributed by atoms with Crippen LogP contribution in [0.2, 0.25) is 0 Å². The first-order chi connectivity index (χ1) is 8.83. The molecule has 1 unspecified atom stereocenters. The smallest absolute Gasteiger partial charge is 0.321 e. The fourth-order valence-corrected chi connectivity index (χ4v) is 5.30. The van der Waals surface area contributed by atoms with E-state index in [2.05, 4.69) is 26.1 Å². The highest BCUT2D eigenvalue weighted by molar-refractivity contribution is 5.74. The Balaban J connectivity index is 1.81. The lowest BCUT2D eigenvalue weighted by Gasteiger charge is -2.56. The van der Waals surface area contributed by atoms with Crippen molar-refractivity contribution < 1.29 is 9.90 Å². The molecule has 4 bridgehead atoms. The lowest BCUT2D eigenvalue weighted by molar-refractivity contribution is -0.147. The van der Waals surface area contributed by atoms with Gasteiger partial charge in [-0.2, -0.15) is 0 Å². The Morgan fingerprint density at radius 1 is 1.05 bits per heavy atom. The minimum atomic E-state index is -0.646. The first kappa shape index (κ1) is 13.4. The fraction of sp³-hybridized carbons (Fsp3) is 0.938. The van der Waals surface area contributed by atoms with Crippen molar-refractivity contribution in [1.29, 1.82) is 0 Å². The zero-order valence-corrected chi connectivity index (χ0v) is 12.4. The molecule has 1 atom stereocenters. The molecular weight excluding hydrogens is 238 g/mol. The third kappa shape index (κ3) is 2.54. The average molecular weight is 265 g/mol. The molecule has 4 aliphatic rings. The van der Waals surface area contributed by atoms with E-state index in [0.29, 0.717) is 17.8 Å². The van der Waals surface area contributed by atoms with E-state index >= 15 is 0 Å². The standard InChI is InChI=1S/C16H27NO2/c1-16(2,3)17-14(15(18)19)13-11-5-9-4-10(7-11)8-12(13)6-9/h9-14,17H,4-8H2,1-3H3,(H,18,19). The summed E-state index contributed by atoms with van der Waals surface area (Å²) in [6.45, 7) is 6.21. The molecule has 108 valence electrons.